The van der Waals surface area contributed by atoms with E-state index in [1.807, 2.05) is 0 Å². The monoisotopic (exact) mass is 74.1 g/mol. The SMILES string of the molecule is C[N-]CCO. The second-order valence-electron chi connectivity index (χ2n) is 0.763. The molecule has 0 heterocycles. The van der Waals surface area contributed by atoms with Crippen LogP contribution in [-0.2, 0) is 0 Å². The van der Waals surface area contributed by atoms with Crippen molar-refractivity contribution >= 4 is 0 Å². The normalized spacial score (nSPS) is 8.40. The third kappa shape index (κ3) is 3.92. The first kappa shape index (κ1) is 4.92. The van der Waals surface area contributed by atoms with Gasteiger partial charge >= 0.3 is 0 Å². The predicted octanol–water partition coefficient (Wildman–Crippen LogP) is -0.0178. The highest BCUT2D eigenvalue weighted by molar-refractivity contribution is 4.66. The summed E-state index contributed by atoms with van der Waals surface area (Å²) in [5, 5.41) is 11.6. The average molecular weight is 74.1 g/mol. The van der Waals surface area contributed by atoms with Crippen molar-refractivity contribution in [3.05, 3.63) is 5.32 Å². The van der Waals surface area contributed by atoms with Crippen molar-refractivity contribution < 1.29 is 5.11 Å². The minimum absolute atomic E-state index is 0.177. The van der Waals surface area contributed by atoms with Crippen LogP contribution in [0.15, 0.2) is 0 Å². The van der Waals surface area contributed by atoms with Gasteiger partial charge in [-0.2, -0.15) is 7.05 Å². The molecule has 0 unspecified atom stereocenters. The largest absolute Gasteiger partial charge is 0.663 e. The van der Waals surface area contributed by atoms with Crippen LogP contribution >= 0.6 is 0 Å². The Kier molecular flexibility index (Phi) is 3.86. The third-order valence-corrected chi connectivity index (χ3v) is 0.324. The molecular weight excluding hydrogens is 66.0 g/mol. The third-order valence-electron chi connectivity index (χ3n) is 0.324. The molecule has 0 aliphatic rings. The Balaban J connectivity index is 2.19. The number of rotatable bonds is 2. The summed E-state index contributed by atoms with van der Waals surface area (Å²) in [5.74, 6) is 0. The maximum atomic E-state index is 7.97. The summed E-state index contributed by atoms with van der Waals surface area (Å²) in [5.41, 5.74) is 0. The number of hydrogen-bond donors (Lipinski definition) is 1. The highest BCUT2D eigenvalue weighted by Crippen LogP contribution is 1.68. The molecule has 2 nitrogen and oxygen atoms in total. The maximum absolute atomic E-state index is 7.97. The smallest absolute Gasteiger partial charge is 0.0243 e. The summed E-state index contributed by atoms with van der Waals surface area (Å²) in [6.45, 7) is 0.747. The Morgan fingerprint density at radius 1 is 1.80 bits per heavy atom. The van der Waals surface area contributed by atoms with E-state index in [0.717, 1.165) is 0 Å². The lowest BCUT2D eigenvalue weighted by atomic mass is 10.7. The summed E-state index contributed by atoms with van der Waals surface area (Å²) >= 11 is 0. The first-order chi connectivity index (χ1) is 2.41. The summed E-state index contributed by atoms with van der Waals surface area (Å²) < 4.78 is 0. The molecule has 0 saturated carbocycles. The van der Waals surface area contributed by atoms with Gasteiger partial charge in [0, 0.05) is 6.61 Å². The van der Waals surface area contributed by atoms with Gasteiger partial charge in [0.05, 0.1) is 0 Å². The lowest BCUT2D eigenvalue weighted by molar-refractivity contribution is 0.313. The van der Waals surface area contributed by atoms with Gasteiger partial charge < -0.3 is 10.4 Å². The topological polar surface area (TPSA) is 34.3 Å². The molecule has 0 amide bonds. The van der Waals surface area contributed by atoms with Crippen LogP contribution in [0.1, 0.15) is 0 Å². The van der Waals surface area contributed by atoms with Crippen LogP contribution in [0.25, 0.3) is 5.32 Å². The van der Waals surface area contributed by atoms with E-state index in [0.29, 0.717) is 6.54 Å². The Morgan fingerprint density at radius 3 is 2.40 bits per heavy atom. The summed E-state index contributed by atoms with van der Waals surface area (Å²) in [6.07, 6.45) is 0. The lowest BCUT2D eigenvalue weighted by Crippen LogP contribution is -1.85. The van der Waals surface area contributed by atoms with Gasteiger partial charge in [-0.25, -0.2) is 0 Å². The van der Waals surface area contributed by atoms with Gasteiger partial charge in [0.2, 0.25) is 0 Å². The number of aliphatic hydroxyl groups is 1. The predicted molar refractivity (Wildman–Crippen MR) is 21.2 cm³/mol. The zero-order valence-electron chi connectivity index (χ0n) is 3.31. The van der Waals surface area contributed by atoms with Gasteiger partial charge in [0.1, 0.15) is 0 Å². The standard InChI is InChI=1S/C3H8NO/c1-4-2-3-5/h5H,2-3H2,1H3/q-1. The molecule has 0 aromatic carbocycles. The van der Waals surface area contributed by atoms with Crippen LogP contribution in [0.4, 0.5) is 0 Å². The van der Waals surface area contributed by atoms with Crippen LogP contribution in [0.5, 0.6) is 0 Å². The number of aliphatic hydroxyl groups excluding tert-OH is 1. The fourth-order valence-electron chi connectivity index (χ4n) is 0.1000. The zero-order chi connectivity index (χ0) is 4.12. The Morgan fingerprint density at radius 2 is 2.40 bits per heavy atom. The molecule has 0 aliphatic heterocycles. The van der Waals surface area contributed by atoms with Crippen LogP contribution in [0.3, 0.4) is 0 Å². The lowest BCUT2D eigenvalue weighted by Gasteiger charge is -2.03. The summed E-state index contributed by atoms with van der Waals surface area (Å²) in [4.78, 5) is 0. The van der Waals surface area contributed by atoms with E-state index >= 15 is 0 Å². The molecule has 0 spiro atoms. The van der Waals surface area contributed by atoms with E-state index < -0.39 is 0 Å². The van der Waals surface area contributed by atoms with E-state index in [1.54, 1.807) is 7.05 Å². The summed E-state index contributed by atoms with van der Waals surface area (Å²) in [7, 11) is 1.68. The molecule has 0 atom stereocenters. The van der Waals surface area contributed by atoms with Crippen LogP contribution < -0.4 is 0 Å². The Hall–Kier alpha value is -0.0800. The minimum atomic E-state index is 0.177. The highest BCUT2D eigenvalue weighted by atomic mass is 16.3. The molecule has 0 rings (SSSR count). The Bertz CT molecular complexity index is 14.4. The van der Waals surface area contributed by atoms with Crippen LogP contribution in [-0.4, -0.2) is 25.3 Å². The molecule has 32 valence electrons. The minimum Gasteiger partial charge on any atom is -0.663 e. The van der Waals surface area contributed by atoms with Crippen LogP contribution in [0, 0.1) is 0 Å². The van der Waals surface area contributed by atoms with Gasteiger partial charge in [0.25, 0.3) is 0 Å². The van der Waals surface area contributed by atoms with Crippen molar-refractivity contribution in [3.63, 3.8) is 0 Å². The van der Waals surface area contributed by atoms with Crippen molar-refractivity contribution in [3.8, 4) is 0 Å². The van der Waals surface area contributed by atoms with E-state index in [4.69, 9.17) is 5.11 Å². The average Bonchev–Trinajstić information content (AvgIpc) is 1.41. The first-order valence-electron chi connectivity index (χ1n) is 1.58. The molecule has 2 heteroatoms. The second-order valence-corrected chi connectivity index (χ2v) is 0.763. The first-order valence-corrected chi connectivity index (χ1v) is 1.58. The van der Waals surface area contributed by atoms with Gasteiger partial charge in [-0.3, -0.25) is 0 Å². The summed E-state index contributed by atoms with van der Waals surface area (Å²) in [6, 6.07) is 0. The maximum Gasteiger partial charge on any atom is 0.0243 e. The number of nitrogens with zero attached hydrogens (tertiary/aromatic N) is 1. The van der Waals surface area contributed by atoms with E-state index in [9.17, 15) is 0 Å². The molecule has 5 heavy (non-hydrogen) atoms. The fourth-order valence-corrected chi connectivity index (χ4v) is 0.1000. The van der Waals surface area contributed by atoms with E-state index in [-0.39, 0.29) is 6.61 Å². The van der Waals surface area contributed by atoms with Crippen molar-refractivity contribution in [1.82, 2.24) is 0 Å². The Labute approximate surface area is 31.8 Å². The van der Waals surface area contributed by atoms with Gasteiger partial charge in [0.15, 0.2) is 0 Å². The molecule has 0 aromatic rings. The van der Waals surface area contributed by atoms with E-state index in [1.165, 1.54) is 0 Å². The van der Waals surface area contributed by atoms with Gasteiger partial charge in [-0.15, -0.1) is 6.54 Å². The molecule has 0 bridgehead atoms. The van der Waals surface area contributed by atoms with Gasteiger partial charge in [-0.05, 0) is 0 Å². The molecular formula is C3H8NO-. The van der Waals surface area contributed by atoms with Crippen molar-refractivity contribution in [2.75, 3.05) is 20.2 Å². The number of likely N-dealkylation sites (N-methyl/N-ethyl adjacent to an activating group) is 1. The van der Waals surface area contributed by atoms with Crippen LogP contribution in [0.2, 0.25) is 0 Å². The highest BCUT2D eigenvalue weighted by Gasteiger charge is 1.53. The number of hydrogen-bond acceptors (Lipinski definition) is 1. The molecule has 0 aromatic heterocycles. The fraction of sp³-hybridized carbons (Fsp3) is 1.00. The van der Waals surface area contributed by atoms with Crippen molar-refractivity contribution in [2.24, 2.45) is 0 Å². The van der Waals surface area contributed by atoms with Gasteiger partial charge in [-0.1, -0.05) is 0 Å². The zero-order valence-corrected chi connectivity index (χ0v) is 3.31. The molecule has 0 saturated heterocycles. The van der Waals surface area contributed by atoms with Crippen molar-refractivity contribution in [1.29, 1.82) is 0 Å². The second kappa shape index (κ2) is 3.92. The molecule has 0 aliphatic carbocycles. The van der Waals surface area contributed by atoms with Crippen molar-refractivity contribution in [2.45, 2.75) is 0 Å². The molecule has 0 fully saturated rings. The molecule has 1 N–H and O–H groups in total. The molecule has 0 radical (unpaired) electrons. The van der Waals surface area contributed by atoms with E-state index in [2.05, 4.69) is 5.32 Å². The quantitative estimate of drug-likeness (QED) is 0.491.